The molecule has 6 heteroatoms. The number of benzene rings is 2. The smallest absolute Gasteiger partial charge is 0.269 e. The minimum absolute atomic E-state index is 0.0144. The van der Waals surface area contributed by atoms with Crippen LogP contribution in [0.4, 0.5) is 11.4 Å². The van der Waals surface area contributed by atoms with Gasteiger partial charge in [0.15, 0.2) is 0 Å². The lowest BCUT2D eigenvalue weighted by atomic mass is 10.0. The van der Waals surface area contributed by atoms with Crippen LogP contribution in [0.2, 0.25) is 5.02 Å². The molecular weight excluding hydrogens is 314 g/mol. The molecule has 0 fully saturated rings. The molecule has 23 heavy (non-hydrogen) atoms. The first-order valence-electron chi connectivity index (χ1n) is 6.76. The monoisotopic (exact) mass is 327 g/mol. The summed E-state index contributed by atoms with van der Waals surface area (Å²) in [4.78, 5) is 12.1. The molecule has 0 saturated heterocycles. The quantitative estimate of drug-likeness (QED) is 0.361. The predicted molar refractivity (Wildman–Crippen MR) is 92.4 cm³/mol. The summed E-state index contributed by atoms with van der Waals surface area (Å²) in [6, 6.07) is 13.5. The van der Waals surface area contributed by atoms with E-state index in [-0.39, 0.29) is 5.69 Å². The van der Waals surface area contributed by atoms with Crippen molar-refractivity contribution in [2.24, 2.45) is 0 Å². The van der Waals surface area contributed by atoms with E-state index in [1.165, 1.54) is 12.1 Å². The molecule has 0 atom stereocenters. The van der Waals surface area contributed by atoms with Gasteiger partial charge >= 0.3 is 0 Å². The van der Waals surface area contributed by atoms with E-state index in [0.717, 1.165) is 5.69 Å². The van der Waals surface area contributed by atoms with Crippen molar-refractivity contribution in [1.82, 2.24) is 0 Å². The van der Waals surface area contributed by atoms with Crippen LogP contribution in [0.3, 0.4) is 0 Å². The molecule has 2 aromatic rings. The number of halogens is 1. The van der Waals surface area contributed by atoms with Crippen molar-refractivity contribution in [1.29, 1.82) is 5.26 Å². The van der Waals surface area contributed by atoms with E-state index >= 15 is 0 Å². The minimum atomic E-state index is -0.476. The Balaban J connectivity index is 2.39. The highest BCUT2D eigenvalue weighted by Gasteiger charge is 2.08. The summed E-state index contributed by atoms with van der Waals surface area (Å²) in [7, 11) is 3.83. The average Bonchev–Trinajstić information content (AvgIpc) is 2.53. The first-order chi connectivity index (χ1) is 10.9. The molecule has 0 heterocycles. The van der Waals surface area contributed by atoms with Crippen LogP contribution < -0.4 is 4.90 Å². The Hall–Kier alpha value is -2.84. The fourth-order valence-corrected chi connectivity index (χ4v) is 2.24. The Morgan fingerprint density at radius 1 is 1.26 bits per heavy atom. The summed E-state index contributed by atoms with van der Waals surface area (Å²) in [6.45, 7) is 0. The van der Waals surface area contributed by atoms with Gasteiger partial charge in [-0.25, -0.2) is 0 Å². The number of allylic oxidation sites excluding steroid dienone is 1. The van der Waals surface area contributed by atoms with Crippen LogP contribution in [0, 0.1) is 21.4 Å². The maximum Gasteiger partial charge on any atom is 0.269 e. The standard InChI is InChI=1S/C17H14ClN3O2/c1-20(2)16-8-5-13(17(18)10-16)9-14(11-19)12-3-6-15(7-4-12)21(22)23/h3-10H,1-2H3. The Morgan fingerprint density at radius 2 is 1.91 bits per heavy atom. The Kier molecular flexibility index (Phi) is 4.99. The van der Waals surface area contributed by atoms with Crippen LogP contribution >= 0.6 is 11.6 Å². The lowest BCUT2D eigenvalue weighted by Crippen LogP contribution is -2.08. The van der Waals surface area contributed by atoms with E-state index in [9.17, 15) is 15.4 Å². The SMILES string of the molecule is CN(C)c1ccc(C=C(C#N)c2ccc([N+](=O)[O-])cc2)c(Cl)c1. The predicted octanol–water partition coefficient (Wildman–Crippen LogP) is 4.38. The van der Waals surface area contributed by atoms with Gasteiger partial charge in [0.25, 0.3) is 5.69 Å². The number of non-ortho nitro benzene ring substituents is 1. The van der Waals surface area contributed by atoms with Gasteiger partial charge in [0, 0.05) is 36.9 Å². The Morgan fingerprint density at radius 3 is 2.39 bits per heavy atom. The van der Waals surface area contributed by atoms with Crippen molar-refractivity contribution < 1.29 is 4.92 Å². The highest BCUT2D eigenvalue weighted by Crippen LogP contribution is 2.27. The van der Waals surface area contributed by atoms with Gasteiger partial charge in [-0.1, -0.05) is 17.7 Å². The number of hydrogen-bond acceptors (Lipinski definition) is 4. The number of nitrogens with zero attached hydrogens (tertiary/aromatic N) is 3. The number of hydrogen-bond donors (Lipinski definition) is 0. The molecule has 0 radical (unpaired) electrons. The zero-order valence-corrected chi connectivity index (χ0v) is 13.4. The summed E-state index contributed by atoms with van der Waals surface area (Å²) >= 11 is 6.26. The molecule has 2 aromatic carbocycles. The van der Waals surface area contributed by atoms with Gasteiger partial charge in [-0.2, -0.15) is 5.26 Å². The van der Waals surface area contributed by atoms with Crippen molar-refractivity contribution in [2.75, 3.05) is 19.0 Å². The van der Waals surface area contributed by atoms with E-state index in [2.05, 4.69) is 6.07 Å². The van der Waals surface area contributed by atoms with Crippen molar-refractivity contribution in [3.63, 3.8) is 0 Å². The fraction of sp³-hybridized carbons (Fsp3) is 0.118. The molecule has 0 bridgehead atoms. The summed E-state index contributed by atoms with van der Waals surface area (Å²) in [5, 5.41) is 20.6. The fourth-order valence-electron chi connectivity index (χ4n) is 2.01. The zero-order valence-electron chi connectivity index (χ0n) is 12.7. The van der Waals surface area contributed by atoms with E-state index in [4.69, 9.17) is 11.6 Å². The van der Waals surface area contributed by atoms with Crippen molar-refractivity contribution in [2.45, 2.75) is 0 Å². The van der Waals surface area contributed by atoms with Gasteiger partial charge in [-0.15, -0.1) is 0 Å². The molecule has 0 spiro atoms. The molecule has 5 nitrogen and oxygen atoms in total. The molecule has 116 valence electrons. The van der Waals surface area contributed by atoms with Crippen LogP contribution in [0.1, 0.15) is 11.1 Å². The number of nitriles is 1. The lowest BCUT2D eigenvalue weighted by molar-refractivity contribution is -0.384. The van der Waals surface area contributed by atoms with Gasteiger partial charge < -0.3 is 4.90 Å². The van der Waals surface area contributed by atoms with Crippen LogP contribution in [0.15, 0.2) is 42.5 Å². The second kappa shape index (κ2) is 6.95. The van der Waals surface area contributed by atoms with E-state index in [1.54, 1.807) is 18.2 Å². The first kappa shape index (κ1) is 16.5. The molecule has 0 aliphatic rings. The van der Waals surface area contributed by atoms with Gasteiger partial charge in [-0.05, 0) is 41.5 Å². The number of nitro benzene ring substituents is 1. The van der Waals surface area contributed by atoms with Crippen LogP contribution in [-0.2, 0) is 0 Å². The molecule has 0 aliphatic carbocycles. The largest absolute Gasteiger partial charge is 0.378 e. The van der Waals surface area contributed by atoms with Gasteiger partial charge in [0.2, 0.25) is 0 Å². The summed E-state index contributed by atoms with van der Waals surface area (Å²) in [6.07, 6.45) is 1.67. The molecule has 0 aromatic heterocycles. The Labute approximate surface area is 139 Å². The maximum atomic E-state index is 10.7. The number of anilines is 1. The highest BCUT2D eigenvalue weighted by molar-refractivity contribution is 6.32. The number of nitro groups is 1. The lowest BCUT2D eigenvalue weighted by Gasteiger charge is -2.13. The molecule has 0 N–H and O–H groups in total. The molecule has 2 rings (SSSR count). The third kappa shape index (κ3) is 3.87. The summed E-state index contributed by atoms with van der Waals surface area (Å²) in [5.41, 5.74) is 2.65. The summed E-state index contributed by atoms with van der Waals surface area (Å²) < 4.78 is 0. The zero-order chi connectivity index (χ0) is 17.0. The molecule has 0 saturated carbocycles. The van der Waals surface area contributed by atoms with Crippen molar-refractivity contribution >= 4 is 34.6 Å². The van der Waals surface area contributed by atoms with E-state index in [1.807, 2.05) is 37.2 Å². The molecule has 0 aliphatic heterocycles. The third-order valence-electron chi connectivity index (χ3n) is 3.31. The maximum absolute atomic E-state index is 10.7. The van der Waals surface area contributed by atoms with E-state index < -0.39 is 4.92 Å². The van der Waals surface area contributed by atoms with Gasteiger partial charge in [0.05, 0.1) is 16.6 Å². The van der Waals surface area contributed by atoms with Gasteiger partial charge in [0.1, 0.15) is 0 Å². The molecule has 0 unspecified atom stereocenters. The van der Waals surface area contributed by atoms with Crippen molar-refractivity contribution in [3.05, 3.63) is 68.7 Å². The second-order valence-electron chi connectivity index (χ2n) is 5.07. The summed E-state index contributed by atoms with van der Waals surface area (Å²) in [5.74, 6) is 0. The first-order valence-corrected chi connectivity index (χ1v) is 7.13. The molecular formula is C17H14ClN3O2. The Bertz CT molecular complexity index is 806. The van der Waals surface area contributed by atoms with Crippen LogP contribution in [0.25, 0.3) is 11.6 Å². The second-order valence-corrected chi connectivity index (χ2v) is 5.48. The van der Waals surface area contributed by atoms with Crippen LogP contribution in [-0.4, -0.2) is 19.0 Å². The van der Waals surface area contributed by atoms with E-state index in [0.29, 0.717) is 21.7 Å². The van der Waals surface area contributed by atoms with Crippen molar-refractivity contribution in [3.8, 4) is 6.07 Å². The average molecular weight is 328 g/mol. The molecule has 0 amide bonds. The van der Waals surface area contributed by atoms with Gasteiger partial charge in [-0.3, -0.25) is 10.1 Å². The minimum Gasteiger partial charge on any atom is -0.378 e. The normalized spacial score (nSPS) is 11.0. The highest BCUT2D eigenvalue weighted by atomic mass is 35.5. The number of rotatable bonds is 4. The van der Waals surface area contributed by atoms with Crippen LogP contribution in [0.5, 0.6) is 0 Å². The topological polar surface area (TPSA) is 70.2 Å². The third-order valence-corrected chi connectivity index (χ3v) is 3.64.